The molecule has 0 fully saturated rings. The Morgan fingerprint density at radius 2 is 2.00 bits per heavy atom. The molecule has 0 aliphatic rings. The molecular formula is C16H21ClO. The van der Waals surface area contributed by atoms with Gasteiger partial charge >= 0.3 is 0 Å². The van der Waals surface area contributed by atoms with Gasteiger partial charge in [0.15, 0.2) is 0 Å². The topological polar surface area (TPSA) is 9.23 Å². The molecule has 0 aromatic heterocycles. The Hall–Kier alpha value is -1.13. The zero-order valence-electron chi connectivity index (χ0n) is 11.9. The van der Waals surface area contributed by atoms with E-state index in [4.69, 9.17) is 16.3 Å². The van der Waals surface area contributed by atoms with Crippen molar-refractivity contribution in [2.45, 2.75) is 46.5 Å². The molecule has 0 saturated carbocycles. The van der Waals surface area contributed by atoms with Gasteiger partial charge in [0.2, 0.25) is 0 Å². The van der Waals surface area contributed by atoms with Crippen LogP contribution >= 0.6 is 11.6 Å². The second kappa shape index (κ2) is 6.71. The second-order valence-corrected chi connectivity index (χ2v) is 4.97. The summed E-state index contributed by atoms with van der Waals surface area (Å²) in [5, 5.41) is 0.804. The van der Waals surface area contributed by atoms with Gasteiger partial charge in [0.25, 0.3) is 0 Å². The van der Waals surface area contributed by atoms with E-state index in [9.17, 15) is 0 Å². The Balaban J connectivity index is 3.20. The van der Waals surface area contributed by atoms with Crippen LogP contribution < -0.4 is 4.74 Å². The predicted octanol–water partition coefficient (Wildman–Crippen LogP) is 4.87. The van der Waals surface area contributed by atoms with Gasteiger partial charge in [0, 0.05) is 23.4 Å². The third-order valence-electron chi connectivity index (χ3n) is 3.12. The van der Waals surface area contributed by atoms with E-state index in [1.165, 1.54) is 5.56 Å². The standard InChI is InChI=1S/C16H21ClO/c1-6-7-8-9-11(2)15-13(4)14(17)10-12(3)16(15)18-5/h10-11H,6,9H2,1-5H3. The lowest BCUT2D eigenvalue weighted by molar-refractivity contribution is 0.403. The largest absolute Gasteiger partial charge is 0.496 e. The summed E-state index contributed by atoms with van der Waals surface area (Å²) >= 11 is 6.26. The van der Waals surface area contributed by atoms with Crippen molar-refractivity contribution in [3.05, 3.63) is 27.8 Å². The molecule has 1 nitrogen and oxygen atoms in total. The van der Waals surface area contributed by atoms with Gasteiger partial charge in [-0.3, -0.25) is 0 Å². The zero-order chi connectivity index (χ0) is 13.7. The van der Waals surface area contributed by atoms with E-state index in [2.05, 4.69) is 25.7 Å². The molecule has 1 rings (SSSR count). The molecule has 1 atom stereocenters. The summed E-state index contributed by atoms with van der Waals surface area (Å²) in [7, 11) is 1.71. The molecule has 1 aromatic rings. The van der Waals surface area contributed by atoms with Gasteiger partial charge in [-0.25, -0.2) is 0 Å². The van der Waals surface area contributed by atoms with Gasteiger partial charge in [-0.15, -0.1) is 11.8 Å². The lowest BCUT2D eigenvalue weighted by Gasteiger charge is -2.19. The summed E-state index contributed by atoms with van der Waals surface area (Å²) in [6, 6.07) is 1.96. The van der Waals surface area contributed by atoms with Gasteiger partial charge < -0.3 is 4.74 Å². The smallest absolute Gasteiger partial charge is 0.125 e. The Morgan fingerprint density at radius 1 is 1.33 bits per heavy atom. The maximum atomic E-state index is 6.26. The van der Waals surface area contributed by atoms with Crippen molar-refractivity contribution in [1.82, 2.24) is 0 Å². The van der Waals surface area contributed by atoms with Crippen LogP contribution in [0.4, 0.5) is 0 Å². The summed E-state index contributed by atoms with van der Waals surface area (Å²) in [6.07, 6.45) is 1.74. The minimum absolute atomic E-state index is 0.330. The van der Waals surface area contributed by atoms with E-state index in [-0.39, 0.29) is 0 Å². The maximum absolute atomic E-state index is 6.26. The van der Waals surface area contributed by atoms with Gasteiger partial charge in [-0.1, -0.05) is 25.4 Å². The van der Waals surface area contributed by atoms with E-state index in [1.54, 1.807) is 7.11 Å². The molecule has 0 bridgehead atoms. The summed E-state index contributed by atoms with van der Waals surface area (Å²) < 4.78 is 5.53. The summed E-state index contributed by atoms with van der Waals surface area (Å²) in [5.74, 6) is 7.59. The third-order valence-corrected chi connectivity index (χ3v) is 3.51. The average molecular weight is 265 g/mol. The number of ether oxygens (including phenoxy) is 1. The first-order valence-corrected chi connectivity index (χ1v) is 6.70. The van der Waals surface area contributed by atoms with Crippen LogP contribution in [0.25, 0.3) is 0 Å². The van der Waals surface area contributed by atoms with E-state index in [0.717, 1.165) is 34.7 Å². The highest BCUT2D eigenvalue weighted by Crippen LogP contribution is 2.37. The fraction of sp³-hybridized carbons (Fsp3) is 0.500. The van der Waals surface area contributed by atoms with Crippen LogP contribution in [-0.4, -0.2) is 7.11 Å². The fourth-order valence-electron chi connectivity index (χ4n) is 2.19. The number of aryl methyl sites for hydroxylation is 1. The Labute approximate surface area is 115 Å². The number of rotatable bonds is 3. The van der Waals surface area contributed by atoms with Crippen molar-refractivity contribution in [2.24, 2.45) is 0 Å². The Morgan fingerprint density at radius 3 is 2.56 bits per heavy atom. The van der Waals surface area contributed by atoms with Crippen molar-refractivity contribution < 1.29 is 4.74 Å². The molecule has 0 radical (unpaired) electrons. The number of halogens is 1. The van der Waals surface area contributed by atoms with Crippen LogP contribution in [0.3, 0.4) is 0 Å². The number of methoxy groups -OCH3 is 1. The number of benzene rings is 1. The summed E-state index contributed by atoms with van der Waals surface area (Å²) in [6.45, 7) is 8.31. The summed E-state index contributed by atoms with van der Waals surface area (Å²) in [5.41, 5.74) is 3.37. The first-order valence-electron chi connectivity index (χ1n) is 6.32. The molecular weight excluding hydrogens is 244 g/mol. The van der Waals surface area contributed by atoms with E-state index in [1.807, 2.05) is 19.9 Å². The molecule has 0 N–H and O–H groups in total. The van der Waals surface area contributed by atoms with Crippen LogP contribution in [0.5, 0.6) is 5.75 Å². The molecule has 2 heteroatoms. The highest BCUT2D eigenvalue weighted by atomic mass is 35.5. The van der Waals surface area contributed by atoms with Crippen LogP contribution in [0.1, 0.15) is 49.3 Å². The molecule has 1 unspecified atom stereocenters. The Kier molecular flexibility index (Phi) is 5.56. The lowest BCUT2D eigenvalue weighted by Crippen LogP contribution is -2.03. The number of hydrogen-bond acceptors (Lipinski definition) is 1. The van der Waals surface area contributed by atoms with Crippen LogP contribution in [0, 0.1) is 25.7 Å². The SMILES string of the molecule is CCC#CCC(C)c1c(C)c(Cl)cc(C)c1OC. The molecule has 0 aliphatic carbocycles. The molecule has 0 amide bonds. The fourth-order valence-corrected chi connectivity index (χ4v) is 2.46. The molecule has 0 saturated heterocycles. The molecule has 0 heterocycles. The zero-order valence-corrected chi connectivity index (χ0v) is 12.6. The van der Waals surface area contributed by atoms with Gasteiger partial charge in [-0.2, -0.15) is 0 Å². The van der Waals surface area contributed by atoms with E-state index in [0.29, 0.717) is 5.92 Å². The molecule has 0 aliphatic heterocycles. The first-order chi connectivity index (χ1) is 8.52. The van der Waals surface area contributed by atoms with Crippen molar-refractivity contribution >= 4 is 11.6 Å². The normalized spacial score (nSPS) is 11.7. The monoisotopic (exact) mass is 264 g/mol. The third kappa shape index (κ3) is 3.21. The minimum atomic E-state index is 0.330. The van der Waals surface area contributed by atoms with Crippen molar-refractivity contribution in [3.63, 3.8) is 0 Å². The Bertz CT molecular complexity index is 480. The van der Waals surface area contributed by atoms with Crippen molar-refractivity contribution in [1.29, 1.82) is 0 Å². The minimum Gasteiger partial charge on any atom is -0.496 e. The van der Waals surface area contributed by atoms with Crippen molar-refractivity contribution in [2.75, 3.05) is 7.11 Å². The predicted molar refractivity (Wildman–Crippen MR) is 78.6 cm³/mol. The van der Waals surface area contributed by atoms with Gasteiger partial charge in [0.05, 0.1) is 7.11 Å². The average Bonchev–Trinajstić information content (AvgIpc) is 2.33. The summed E-state index contributed by atoms with van der Waals surface area (Å²) in [4.78, 5) is 0. The molecule has 0 spiro atoms. The highest BCUT2D eigenvalue weighted by molar-refractivity contribution is 6.31. The van der Waals surface area contributed by atoms with E-state index < -0.39 is 0 Å². The molecule has 98 valence electrons. The van der Waals surface area contributed by atoms with Crippen molar-refractivity contribution in [3.8, 4) is 17.6 Å². The molecule has 1 aromatic carbocycles. The van der Waals surface area contributed by atoms with Crippen LogP contribution in [0.15, 0.2) is 6.07 Å². The van der Waals surface area contributed by atoms with Crippen LogP contribution in [0.2, 0.25) is 5.02 Å². The first kappa shape index (κ1) is 14.9. The molecule has 18 heavy (non-hydrogen) atoms. The second-order valence-electron chi connectivity index (χ2n) is 4.56. The maximum Gasteiger partial charge on any atom is 0.125 e. The van der Waals surface area contributed by atoms with E-state index >= 15 is 0 Å². The quantitative estimate of drug-likeness (QED) is 0.708. The number of hydrogen-bond donors (Lipinski definition) is 0. The van der Waals surface area contributed by atoms with Crippen LogP contribution in [-0.2, 0) is 0 Å². The highest BCUT2D eigenvalue weighted by Gasteiger charge is 2.18. The van der Waals surface area contributed by atoms with Gasteiger partial charge in [-0.05, 0) is 37.0 Å². The lowest BCUT2D eigenvalue weighted by atomic mass is 9.91. The van der Waals surface area contributed by atoms with Gasteiger partial charge in [0.1, 0.15) is 5.75 Å².